The monoisotopic (exact) mass is 252 g/mol. The van der Waals surface area contributed by atoms with E-state index in [9.17, 15) is 4.79 Å². The van der Waals surface area contributed by atoms with Crippen molar-refractivity contribution >= 4 is 23.4 Å². The molecule has 92 valence electrons. The molecule has 6 heteroatoms. The minimum absolute atomic E-state index is 0.0852. The van der Waals surface area contributed by atoms with E-state index in [1.807, 2.05) is 13.1 Å². The summed E-state index contributed by atoms with van der Waals surface area (Å²) in [4.78, 5) is 14.6. The minimum Gasteiger partial charge on any atom is -0.316 e. The van der Waals surface area contributed by atoms with E-state index in [0.717, 1.165) is 22.7 Å². The Bertz CT molecular complexity index is 424. The zero-order chi connectivity index (χ0) is 12.3. The number of fused-ring (bicyclic) bond motifs is 1. The van der Waals surface area contributed by atoms with Gasteiger partial charge >= 0.3 is 0 Å². The van der Waals surface area contributed by atoms with E-state index in [4.69, 9.17) is 5.84 Å². The SMILES string of the molecule is CNCc1ccc2c(c1)N(CNN)C(=O)CS2. The van der Waals surface area contributed by atoms with E-state index < -0.39 is 0 Å². The van der Waals surface area contributed by atoms with Crippen molar-refractivity contribution in [2.24, 2.45) is 5.84 Å². The van der Waals surface area contributed by atoms with Gasteiger partial charge in [0.15, 0.2) is 0 Å². The molecule has 2 rings (SSSR count). The van der Waals surface area contributed by atoms with Gasteiger partial charge in [0.1, 0.15) is 0 Å². The normalized spacial score (nSPS) is 14.9. The Balaban J connectivity index is 2.34. The van der Waals surface area contributed by atoms with Crippen molar-refractivity contribution in [2.45, 2.75) is 11.4 Å². The lowest BCUT2D eigenvalue weighted by molar-refractivity contribution is -0.116. The maximum atomic E-state index is 11.8. The summed E-state index contributed by atoms with van der Waals surface area (Å²) in [6.07, 6.45) is 0. The molecule has 1 amide bonds. The second-order valence-corrected chi connectivity index (χ2v) is 4.82. The van der Waals surface area contributed by atoms with Crippen molar-refractivity contribution < 1.29 is 4.79 Å². The number of carbonyl (C=O) groups excluding carboxylic acids is 1. The predicted molar refractivity (Wildman–Crippen MR) is 69.6 cm³/mol. The number of amides is 1. The topological polar surface area (TPSA) is 70.4 Å². The van der Waals surface area contributed by atoms with Crippen LogP contribution >= 0.6 is 11.8 Å². The van der Waals surface area contributed by atoms with Crippen LogP contribution < -0.4 is 21.5 Å². The summed E-state index contributed by atoms with van der Waals surface area (Å²) in [5.74, 6) is 5.87. The van der Waals surface area contributed by atoms with Crippen LogP contribution in [0.1, 0.15) is 5.56 Å². The maximum absolute atomic E-state index is 11.8. The average molecular weight is 252 g/mol. The highest BCUT2D eigenvalue weighted by Gasteiger charge is 2.24. The highest BCUT2D eigenvalue weighted by atomic mass is 32.2. The fourth-order valence-corrected chi connectivity index (χ4v) is 2.74. The first-order valence-electron chi connectivity index (χ1n) is 5.40. The van der Waals surface area contributed by atoms with E-state index >= 15 is 0 Å². The molecule has 1 aliphatic heterocycles. The van der Waals surface area contributed by atoms with Gasteiger partial charge in [0.25, 0.3) is 0 Å². The van der Waals surface area contributed by atoms with Crippen molar-refractivity contribution in [3.05, 3.63) is 23.8 Å². The highest BCUT2D eigenvalue weighted by Crippen LogP contribution is 2.35. The van der Waals surface area contributed by atoms with Crippen LogP contribution in [-0.4, -0.2) is 25.4 Å². The molecule has 0 saturated heterocycles. The number of hydrazine groups is 1. The Hall–Kier alpha value is -1.08. The van der Waals surface area contributed by atoms with Gasteiger partial charge in [0.05, 0.1) is 18.1 Å². The predicted octanol–water partition coefficient (Wildman–Crippen LogP) is 0.266. The van der Waals surface area contributed by atoms with Gasteiger partial charge in [0.2, 0.25) is 5.91 Å². The van der Waals surface area contributed by atoms with Crippen molar-refractivity contribution in [3.8, 4) is 0 Å². The summed E-state index contributed by atoms with van der Waals surface area (Å²) >= 11 is 1.57. The lowest BCUT2D eigenvalue weighted by Crippen LogP contribution is -2.44. The first-order chi connectivity index (χ1) is 8.26. The molecule has 17 heavy (non-hydrogen) atoms. The average Bonchev–Trinajstić information content (AvgIpc) is 2.33. The van der Waals surface area contributed by atoms with Crippen LogP contribution in [0.2, 0.25) is 0 Å². The van der Waals surface area contributed by atoms with Gasteiger partial charge in [0, 0.05) is 11.4 Å². The van der Waals surface area contributed by atoms with Crippen LogP contribution in [0.4, 0.5) is 5.69 Å². The van der Waals surface area contributed by atoms with Crippen molar-refractivity contribution in [2.75, 3.05) is 24.4 Å². The summed E-state index contributed by atoms with van der Waals surface area (Å²) in [6.45, 7) is 1.13. The van der Waals surface area contributed by atoms with E-state index in [2.05, 4.69) is 22.9 Å². The van der Waals surface area contributed by atoms with Gasteiger partial charge in [-0.05, 0) is 24.7 Å². The molecule has 0 spiro atoms. The fourth-order valence-electron chi connectivity index (χ4n) is 1.83. The molecule has 5 nitrogen and oxygen atoms in total. The summed E-state index contributed by atoms with van der Waals surface area (Å²) in [7, 11) is 1.90. The molecule has 1 aromatic rings. The Labute approximate surface area is 105 Å². The molecule has 0 unspecified atom stereocenters. The molecule has 0 aliphatic carbocycles. The van der Waals surface area contributed by atoms with E-state index in [0.29, 0.717) is 12.4 Å². The molecule has 1 aromatic carbocycles. The van der Waals surface area contributed by atoms with E-state index in [1.165, 1.54) is 0 Å². The molecule has 0 saturated carbocycles. The molecule has 0 fully saturated rings. The Kier molecular flexibility index (Phi) is 4.01. The number of carbonyl (C=O) groups is 1. The van der Waals surface area contributed by atoms with Crippen LogP contribution in [0.25, 0.3) is 0 Å². The Morgan fingerprint density at radius 1 is 1.53 bits per heavy atom. The zero-order valence-corrected chi connectivity index (χ0v) is 10.5. The van der Waals surface area contributed by atoms with Crippen LogP contribution in [-0.2, 0) is 11.3 Å². The summed E-state index contributed by atoms with van der Waals surface area (Å²) in [5.41, 5.74) is 4.64. The highest BCUT2D eigenvalue weighted by molar-refractivity contribution is 8.00. The first-order valence-corrected chi connectivity index (χ1v) is 6.39. The molecule has 0 atom stereocenters. The third-order valence-electron chi connectivity index (χ3n) is 2.60. The number of thioether (sulfide) groups is 1. The van der Waals surface area contributed by atoms with Crippen LogP contribution in [0.5, 0.6) is 0 Å². The number of hydrogen-bond acceptors (Lipinski definition) is 5. The number of benzene rings is 1. The van der Waals surface area contributed by atoms with Crippen LogP contribution in [0.15, 0.2) is 23.1 Å². The summed E-state index contributed by atoms with van der Waals surface area (Å²) in [5, 5.41) is 3.10. The van der Waals surface area contributed by atoms with Gasteiger partial charge in [-0.1, -0.05) is 6.07 Å². The maximum Gasteiger partial charge on any atom is 0.238 e. The lowest BCUT2D eigenvalue weighted by Gasteiger charge is -2.29. The largest absolute Gasteiger partial charge is 0.316 e. The molecule has 0 radical (unpaired) electrons. The van der Waals surface area contributed by atoms with E-state index in [1.54, 1.807) is 16.7 Å². The fraction of sp³-hybridized carbons (Fsp3) is 0.364. The summed E-state index contributed by atoms with van der Waals surface area (Å²) in [6, 6.07) is 6.17. The molecule has 0 aromatic heterocycles. The number of hydrogen-bond donors (Lipinski definition) is 3. The van der Waals surface area contributed by atoms with Crippen molar-refractivity contribution in [3.63, 3.8) is 0 Å². The molecule has 1 aliphatic rings. The number of anilines is 1. The molecular formula is C11H16N4OS. The smallest absolute Gasteiger partial charge is 0.238 e. The second-order valence-electron chi connectivity index (χ2n) is 3.81. The molecule has 1 heterocycles. The zero-order valence-electron chi connectivity index (χ0n) is 9.69. The third-order valence-corrected chi connectivity index (χ3v) is 3.64. The minimum atomic E-state index is 0.0852. The van der Waals surface area contributed by atoms with Gasteiger partial charge in [-0.2, -0.15) is 0 Å². The Morgan fingerprint density at radius 2 is 2.35 bits per heavy atom. The van der Waals surface area contributed by atoms with E-state index in [-0.39, 0.29) is 5.91 Å². The third kappa shape index (κ3) is 2.61. The quantitative estimate of drug-likeness (QED) is 0.530. The number of rotatable bonds is 4. The Morgan fingerprint density at radius 3 is 3.06 bits per heavy atom. The number of nitrogens with two attached hydrogens (primary N) is 1. The lowest BCUT2D eigenvalue weighted by atomic mass is 10.2. The second kappa shape index (κ2) is 5.50. The molecule has 0 bridgehead atoms. The molecular weight excluding hydrogens is 236 g/mol. The summed E-state index contributed by atoms with van der Waals surface area (Å²) < 4.78 is 0. The van der Waals surface area contributed by atoms with Crippen LogP contribution in [0, 0.1) is 0 Å². The van der Waals surface area contributed by atoms with Crippen LogP contribution in [0.3, 0.4) is 0 Å². The standard InChI is InChI=1S/C11H16N4OS/c1-13-5-8-2-3-10-9(4-8)15(7-14-12)11(16)6-17-10/h2-4,13-14H,5-7,12H2,1H3. The molecule has 4 N–H and O–H groups in total. The first kappa shape index (κ1) is 12.4. The van der Waals surface area contributed by atoms with Gasteiger partial charge in [-0.3, -0.25) is 15.5 Å². The number of nitrogens with zero attached hydrogens (tertiary/aromatic N) is 1. The van der Waals surface area contributed by atoms with Gasteiger partial charge in [-0.15, -0.1) is 11.8 Å². The number of nitrogens with one attached hydrogen (secondary N) is 2. The van der Waals surface area contributed by atoms with Crippen molar-refractivity contribution in [1.29, 1.82) is 0 Å². The van der Waals surface area contributed by atoms with Gasteiger partial charge < -0.3 is 5.32 Å². The van der Waals surface area contributed by atoms with Crippen molar-refractivity contribution in [1.82, 2.24) is 10.7 Å². The van der Waals surface area contributed by atoms with Gasteiger partial charge in [-0.25, -0.2) is 5.43 Å².